The van der Waals surface area contributed by atoms with E-state index in [4.69, 9.17) is 14.2 Å². The molecule has 8 aromatic rings. The van der Waals surface area contributed by atoms with Gasteiger partial charge in [-0.15, -0.1) is 30.7 Å². The molecule has 0 aliphatic heterocycles. The first-order chi connectivity index (χ1) is 33.0. The Balaban J connectivity index is 1.09. The van der Waals surface area contributed by atoms with Crippen molar-refractivity contribution in [2.45, 2.75) is 19.6 Å². The number of phenols is 1. The van der Waals surface area contributed by atoms with Crippen molar-refractivity contribution in [3.05, 3.63) is 103 Å². The molecule has 0 unspecified atom stereocenters. The Kier molecular flexibility index (Phi) is 12.6. The molecule has 0 radical (unpaired) electrons. The molecule has 7 aromatic carbocycles. The minimum Gasteiger partial charge on any atom is -0.505 e. The number of ether oxygens (including phenoxy) is 3. The molecule has 0 atom stereocenters. The number of azo groups is 3. The fourth-order valence-electron chi connectivity index (χ4n) is 6.83. The third-order valence-corrected chi connectivity index (χ3v) is 13.6. The fraction of sp³-hybridized carbons (Fsp3) is 0.0732. The van der Waals surface area contributed by atoms with Crippen LogP contribution in [0.5, 0.6) is 23.0 Å². The quantitative estimate of drug-likeness (QED) is 0.0502. The van der Waals surface area contributed by atoms with Crippen LogP contribution in [0, 0.1) is 0 Å². The van der Waals surface area contributed by atoms with E-state index >= 15 is 0 Å². The highest BCUT2D eigenvalue weighted by atomic mass is 32.2. The smallest absolute Gasteiger partial charge is 0.296 e. The highest BCUT2D eigenvalue weighted by Gasteiger charge is 2.25. The van der Waals surface area contributed by atoms with Crippen LogP contribution in [-0.2, 0) is 40.5 Å². The molecule has 5 N–H and O–H groups in total. The zero-order valence-corrected chi connectivity index (χ0v) is 39.0. The maximum Gasteiger partial charge on any atom is 0.296 e. The molecule has 0 bridgehead atoms. The Morgan fingerprint density at radius 2 is 1.06 bits per heavy atom. The lowest BCUT2D eigenvalue weighted by Gasteiger charge is -2.11. The number of methoxy groups -OCH3 is 3. The van der Waals surface area contributed by atoms with Crippen molar-refractivity contribution < 1.29 is 71.2 Å². The lowest BCUT2D eigenvalue weighted by Crippen LogP contribution is -2.04. The van der Waals surface area contributed by atoms with E-state index in [1.54, 1.807) is 0 Å². The summed E-state index contributed by atoms with van der Waals surface area (Å²) >= 11 is 0. The lowest BCUT2D eigenvalue weighted by atomic mass is 10.1. The molecule has 1 aromatic heterocycles. The number of nitrogens with zero attached hydrogens (tertiary/aromatic N) is 9. The van der Waals surface area contributed by atoms with Crippen molar-refractivity contribution in [3.8, 4) is 28.7 Å². The predicted octanol–water partition coefficient (Wildman–Crippen LogP) is 8.69. The fourth-order valence-corrected chi connectivity index (χ4v) is 9.47. The number of aromatic hydroxyl groups is 1. The summed E-state index contributed by atoms with van der Waals surface area (Å²) in [5.41, 5.74) is 0.0874. The van der Waals surface area contributed by atoms with Gasteiger partial charge < -0.3 is 19.3 Å². The molecule has 0 saturated heterocycles. The summed E-state index contributed by atoms with van der Waals surface area (Å²) in [6.45, 7) is 0. The Hall–Kier alpha value is -7.90. The van der Waals surface area contributed by atoms with Gasteiger partial charge in [0.1, 0.15) is 65.7 Å². The maximum atomic E-state index is 12.8. The summed E-state index contributed by atoms with van der Waals surface area (Å²) in [5.74, 6) is -0.424. The SMILES string of the molecule is COc1ccc(N=Nc2ccc(N=Nc3cc(OC)c(N=Nc4c(S(=O)(=O)O)cc5cc(-n6nc7ccc8c(S(=O)(=O)O)cc(S(=O)(=O)O)cc8c7n6)ccc5c4O)cc3OC)cc2)c(S(=O)(=O)O)c1. The van der Waals surface area contributed by atoms with Gasteiger partial charge in [-0.2, -0.15) is 48.7 Å². The maximum absolute atomic E-state index is 12.8. The molecule has 8 rings (SSSR count). The first-order valence-electron chi connectivity index (χ1n) is 19.3. The van der Waals surface area contributed by atoms with Crippen LogP contribution in [0.2, 0.25) is 0 Å². The largest absolute Gasteiger partial charge is 0.505 e. The molecular formula is C41H31N9O16S4. The Bertz CT molecular complexity index is 4040. The van der Waals surface area contributed by atoms with Crippen LogP contribution in [0.1, 0.15) is 0 Å². The molecule has 1 heterocycles. The minimum absolute atomic E-state index is 0.0165. The van der Waals surface area contributed by atoms with E-state index in [0.29, 0.717) is 17.4 Å². The Morgan fingerprint density at radius 1 is 0.486 bits per heavy atom. The van der Waals surface area contributed by atoms with E-state index in [1.165, 1.54) is 100 Å². The average molecular weight is 1030 g/mol. The number of hydrogen-bond donors (Lipinski definition) is 5. The minimum atomic E-state index is -5.12. The molecule has 0 aliphatic carbocycles. The van der Waals surface area contributed by atoms with E-state index in [1.807, 2.05) is 0 Å². The van der Waals surface area contributed by atoms with Crippen LogP contribution in [0.25, 0.3) is 38.3 Å². The van der Waals surface area contributed by atoms with Crippen LogP contribution < -0.4 is 14.2 Å². The van der Waals surface area contributed by atoms with Crippen LogP contribution in [-0.4, -0.2) is 93.3 Å². The van der Waals surface area contributed by atoms with E-state index in [2.05, 4.69) is 40.9 Å². The van der Waals surface area contributed by atoms with Crippen molar-refractivity contribution in [1.29, 1.82) is 0 Å². The van der Waals surface area contributed by atoms with Gasteiger partial charge in [0.2, 0.25) is 0 Å². The van der Waals surface area contributed by atoms with Crippen molar-refractivity contribution in [1.82, 2.24) is 15.0 Å². The second-order valence-corrected chi connectivity index (χ2v) is 20.1. The number of fused-ring (bicyclic) bond motifs is 4. The summed E-state index contributed by atoms with van der Waals surface area (Å²) in [4.78, 5) is -2.02. The topological polar surface area (TPSA) is 370 Å². The summed E-state index contributed by atoms with van der Waals surface area (Å²) in [5, 5.41) is 44.4. The molecule has 0 amide bonds. The van der Waals surface area contributed by atoms with Gasteiger partial charge >= 0.3 is 0 Å². The zero-order chi connectivity index (χ0) is 50.5. The summed E-state index contributed by atoms with van der Waals surface area (Å²) in [7, 11) is -15.8. The second-order valence-electron chi connectivity index (χ2n) is 14.5. The lowest BCUT2D eigenvalue weighted by molar-refractivity contribution is 0.405. The molecule has 25 nitrogen and oxygen atoms in total. The predicted molar refractivity (Wildman–Crippen MR) is 246 cm³/mol. The van der Waals surface area contributed by atoms with Crippen LogP contribution >= 0.6 is 0 Å². The molecule has 0 aliphatic rings. The van der Waals surface area contributed by atoms with Crippen LogP contribution in [0.3, 0.4) is 0 Å². The van der Waals surface area contributed by atoms with Crippen LogP contribution in [0.15, 0.2) is 153 Å². The van der Waals surface area contributed by atoms with E-state index < -0.39 is 71.5 Å². The molecule has 29 heteroatoms. The standard InChI is InChI=1S/C41H31N9O16S4/c1-64-25-9-12-30(37(16-25)69(58,59)60)44-42-22-4-6-23(7-5-22)43-45-32-19-35(66-3)33(20-34(32)65-2)46-47-40-38(70(61,62)63)15-21-14-24(8-10-27(21)41(40)51)50-48-31-13-11-28-29(39(31)49-50)17-26(67(52,53)54)18-36(28)68(55,56)57/h4-20,51H,1-3H3,(H,52,53,54)(H,55,56,57)(H,58,59,60)(H,61,62,63). The summed E-state index contributed by atoms with van der Waals surface area (Å²) in [6, 6.07) is 21.8. The van der Waals surface area contributed by atoms with E-state index in [9.17, 15) is 57.0 Å². The van der Waals surface area contributed by atoms with Crippen LogP contribution in [0.4, 0.5) is 34.1 Å². The number of hydrogen-bond acceptors (Lipinski definition) is 20. The van der Waals surface area contributed by atoms with Gasteiger partial charge in [-0.25, -0.2) is 0 Å². The third kappa shape index (κ3) is 9.83. The van der Waals surface area contributed by atoms with Gasteiger partial charge in [-0.3, -0.25) is 18.2 Å². The second kappa shape index (κ2) is 18.2. The first kappa shape index (κ1) is 48.6. The highest BCUT2D eigenvalue weighted by Crippen LogP contribution is 2.45. The van der Waals surface area contributed by atoms with Gasteiger partial charge in [0.15, 0.2) is 5.75 Å². The number of aromatic nitrogens is 3. The van der Waals surface area contributed by atoms with Gasteiger partial charge in [0, 0.05) is 34.4 Å². The van der Waals surface area contributed by atoms with Crippen molar-refractivity contribution in [2.75, 3.05) is 21.3 Å². The van der Waals surface area contributed by atoms with E-state index in [0.717, 1.165) is 23.0 Å². The first-order valence-corrected chi connectivity index (χ1v) is 25.1. The number of benzene rings is 7. The number of rotatable bonds is 14. The molecule has 70 heavy (non-hydrogen) atoms. The molecule has 0 saturated carbocycles. The molecule has 360 valence electrons. The summed E-state index contributed by atoms with van der Waals surface area (Å²) < 4.78 is 153. The average Bonchev–Trinajstić information content (AvgIpc) is 3.76. The molecule has 0 fully saturated rings. The van der Waals surface area contributed by atoms with Crippen molar-refractivity contribution in [2.24, 2.45) is 30.7 Å². The van der Waals surface area contributed by atoms with Gasteiger partial charge in [0.25, 0.3) is 40.5 Å². The summed E-state index contributed by atoms with van der Waals surface area (Å²) in [6.07, 6.45) is 0. The number of phenolic OH excluding ortho intramolecular Hbond substituents is 1. The normalized spacial score (nSPS) is 12.8. The third-order valence-electron chi connectivity index (χ3n) is 10.1. The van der Waals surface area contributed by atoms with Crippen molar-refractivity contribution >= 4 is 107 Å². The Labute approximate surface area is 395 Å². The van der Waals surface area contributed by atoms with Crippen molar-refractivity contribution in [3.63, 3.8) is 0 Å². The zero-order valence-electron chi connectivity index (χ0n) is 35.7. The van der Waals surface area contributed by atoms with Gasteiger partial charge in [0.05, 0.1) is 43.3 Å². The monoisotopic (exact) mass is 1030 g/mol. The van der Waals surface area contributed by atoms with E-state index in [-0.39, 0.29) is 72.6 Å². The Morgan fingerprint density at radius 3 is 1.61 bits per heavy atom. The molecule has 0 spiro atoms. The van der Waals surface area contributed by atoms with Gasteiger partial charge in [-0.1, -0.05) is 6.07 Å². The highest BCUT2D eigenvalue weighted by molar-refractivity contribution is 7.87. The van der Waals surface area contributed by atoms with Gasteiger partial charge in [-0.05, 0) is 84.2 Å². The molecular weight excluding hydrogens is 1000 g/mol.